The van der Waals surface area contributed by atoms with Crippen molar-refractivity contribution in [3.63, 3.8) is 0 Å². The molecule has 2 fully saturated rings. The first-order valence-corrected chi connectivity index (χ1v) is 12.1. The third-order valence-corrected chi connectivity index (χ3v) is 7.65. The zero-order chi connectivity index (χ0) is 20.7. The monoisotopic (exact) mass is 444 g/mol. The van der Waals surface area contributed by atoms with Crippen LogP contribution in [0.4, 0.5) is 15.7 Å². The number of hydrogen-bond donors (Lipinski definition) is 3. The minimum absolute atomic E-state index is 0.187. The van der Waals surface area contributed by atoms with Crippen molar-refractivity contribution in [2.75, 3.05) is 23.5 Å². The van der Waals surface area contributed by atoms with Crippen molar-refractivity contribution in [2.45, 2.75) is 42.9 Å². The first-order valence-electron chi connectivity index (χ1n) is 10.1. The topological polar surface area (TPSA) is 112 Å². The fraction of sp³-hybridized carbons (Fsp3) is 0.526. The number of hydrogen-bond acceptors (Lipinski definition) is 8. The Balaban J connectivity index is 1.16. The molecule has 3 aromatic rings. The van der Waals surface area contributed by atoms with Crippen LogP contribution in [0.25, 0.3) is 11.0 Å². The van der Waals surface area contributed by atoms with Crippen LogP contribution in [0.15, 0.2) is 23.7 Å². The van der Waals surface area contributed by atoms with Gasteiger partial charge in [0, 0.05) is 36.9 Å². The van der Waals surface area contributed by atoms with Crippen LogP contribution in [0.1, 0.15) is 25.7 Å². The SMILES string of the molecule is CSc1nsc(NC(=O)NC2CC3CC(N(C)c4ncnc5[nH]ccc45)C[C@H]3C2)n1. The van der Waals surface area contributed by atoms with Gasteiger partial charge >= 0.3 is 6.03 Å². The van der Waals surface area contributed by atoms with Crippen LogP contribution in [0, 0.1) is 11.8 Å². The first-order chi connectivity index (χ1) is 14.6. The lowest BCUT2D eigenvalue weighted by Gasteiger charge is -2.27. The average molecular weight is 445 g/mol. The lowest BCUT2D eigenvalue weighted by molar-refractivity contribution is 0.248. The molecule has 0 aliphatic heterocycles. The number of anilines is 2. The Morgan fingerprint density at radius 3 is 2.80 bits per heavy atom. The van der Waals surface area contributed by atoms with Gasteiger partial charge in [-0.2, -0.15) is 9.36 Å². The Hall–Kier alpha value is -2.40. The third-order valence-electron chi connectivity index (χ3n) is 6.35. The summed E-state index contributed by atoms with van der Waals surface area (Å²) in [6, 6.07) is 2.53. The first kappa shape index (κ1) is 19.6. The highest BCUT2D eigenvalue weighted by Crippen LogP contribution is 2.46. The summed E-state index contributed by atoms with van der Waals surface area (Å²) in [4.78, 5) is 30.9. The molecule has 5 rings (SSSR count). The molecule has 3 N–H and O–H groups in total. The number of carbonyl (C=O) groups excluding carboxylic acids is 1. The molecule has 2 aliphatic rings. The Kier molecular flexibility index (Phi) is 5.23. The zero-order valence-corrected chi connectivity index (χ0v) is 18.5. The predicted molar refractivity (Wildman–Crippen MR) is 119 cm³/mol. The zero-order valence-electron chi connectivity index (χ0n) is 16.8. The fourth-order valence-electron chi connectivity index (χ4n) is 4.99. The van der Waals surface area contributed by atoms with Crippen molar-refractivity contribution >= 4 is 51.3 Å². The number of aromatic nitrogens is 5. The highest BCUT2D eigenvalue weighted by Gasteiger charge is 2.43. The van der Waals surface area contributed by atoms with Crippen molar-refractivity contribution in [1.82, 2.24) is 29.6 Å². The second-order valence-electron chi connectivity index (χ2n) is 8.05. The molecule has 4 atom stereocenters. The summed E-state index contributed by atoms with van der Waals surface area (Å²) in [5, 5.41) is 8.22. The van der Waals surface area contributed by atoms with E-state index in [1.807, 2.05) is 18.5 Å². The second-order valence-corrected chi connectivity index (χ2v) is 9.57. The molecular weight excluding hydrogens is 420 g/mol. The third kappa shape index (κ3) is 3.71. The fourth-order valence-corrected chi connectivity index (χ4v) is 6.11. The molecule has 3 aromatic heterocycles. The highest BCUT2D eigenvalue weighted by atomic mass is 32.2. The Morgan fingerprint density at radius 1 is 1.27 bits per heavy atom. The molecule has 0 radical (unpaired) electrons. The van der Waals surface area contributed by atoms with E-state index in [-0.39, 0.29) is 12.1 Å². The van der Waals surface area contributed by atoms with Gasteiger partial charge in [0.2, 0.25) is 10.3 Å². The number of urea groups is 1. The standard InChI is InChI=1S/C19H24N8OS2/c1-27(16-14-3-4-20-15(14)21-9-22-16)13-7-10-5-12(6-11(10)8-13)23-17(28)24-18-25-19(29-2)26-30-18/h3-4,9-13H,5-8H2,1-2H3,(H,20,21,22)(H2,23,24,25,26,28)/t10-,11?,12?,13?/m1/s1. The van der Waals surface area contributed by atoms with E-state index < -0.39 is 0 Å². The van der Waals surface area contributed by atoms with E-state index in [1.165, 1.54) is 23.3 Å². The summed E-state index contributed by atoms with van der Waals surface area (Å²) >= 11 is 2.67. The summed E-state index contributed by atoms with van der Waals surface area (Å²) < 4.78 is 4.17. The van der Waals surface area contributed by atoms with Crippen LogP contribution < -0.4 is 15.5 Å². The number of aromatic amines is 1. The van der Waals surface area contributed by atoms with Gasteiger partial charge in [-0.1, -0.05) is 11.8 Å². The van der Waals surface area contributed by atoms with Crippen LogP contribution in [-0.2, 0) is 0 Å². The second kappa shape index (κ2) is 8.03. The van der Waals surface area contributed by atoms with Crippen molar-refractivity contribution in [2.24, 2.45) is 11.8 Å². The Bertz CT molecular complexity index is 1040. The number of thioether (sulfide) groups is 1. The normalized spacial score (nSPS) is 25.4. The van der Waals surface area contributed by atoms with Crippen LogP contribution in [0.5, 0.6) is 0 Å². The van der Waals surface area contributed by atoms with Gasteiger partial charge in [-0.3, -0.25) is 5.32 Å². The van der Waals surface area contributed by atoms with Gasteiger partial charge in [0.05, 0.1) is 5.39 Å². The van der Waals surface area contributed by atoms with E-state index >= 15 is 0 Å². The minimum atomic E-state index is -0.187. The number of H-pyrrole nitrogens is 1. The van der Waals surface area contributed by atoms with Gasteiger partial charge in [0.1, 0.15) is 17.8 Å². The van der Waals surface area contributed by atoms with Crippen LogP contribution >= 0.6 is 23.3 Å². The molecule has 0 saturated heterocycles. The Labute approximate surface area is 182 Å². The van der Waals surface area contributed by atoms with Crippen molar-refractivity contribution in [3.05, 3.63) is 18.6 Å². The summed E-state index contributed by atoms with van der Waals surface area (Å²) in [6.45, 7) is 0. The number of carbonyl (C=O) groups is 1. The largest absolute Gasteiger partial charge is 0.356 e. The number of fused-ring (bicyclic) bond motifs is 2. The van der Waals surface area contributed by atoms with E-state index in [9.17, 15) is 4.79 Å². The van der Waals surface area contributed by atoms with Crippen molar-refractivity contribution in [1.29, 1.82) is 0 Å². The van der Waals surface area contributed by atoms with E-state index in [1.54, 1.807) is 6.33 Å². The van der Waals surface area contributed by atoms with Crippen LogP contribution in [-0.4, -0.2) is 55.7 Å². The molecule has 3 heterocycles. The average Bonchev–Trinajstić information content (AvgIpc) is 3.50. The van der Waals surface area contributed by atoms with Gasteiger partial charge < -0.3 is 15.2 Å². The molecule has 30 heavy (non-hydrogen) atoms. The predicted octanol–water partition coefficient (Wildman–Crippen LogP) is 3.35. The summed E-state index contributed by atoms with van der Waals surface area (Å²) in [6.07, 6.45) is 9.76. The van der Waals surface area contributed by atoms with Gasteiger partial charge in [0.15, 0.2) is 0 Å². The smallest absolute Gasteiger partial charge is 0.321 e. The minimum Gasteiger partial charge on any atom is -0.356 e. The number of nitrogens with one attached hydrogen (secondary N) is 3. The van der Waals surface area contributed by atoms with Crippen LogP contribution in [0.3, 0.4) is 0 Å². The van der Waals surface area contributed by atoms with Crippen LogP contribution in [0.2, 0.25) is 0 Å². The Morgan fingerprint density at radius 2 is 2.07 bits per heavy atom. The van der Waals surface area contributed by atoms with Gasteiger partial charge in [-0.25, -0.2) is 14.8 Å². The molecule has 3 unspecified atom stereocenters. The lowest BCUT2D eigenvalue weighted by atomic mass is 10.0. The van der Waals surface area contributed by atoms with E-state index in [0.717, 1.165) is 42.5 Å². The number of amides is 2. The van der Waals surface area contributed by atoms with E-state index in [4.69, 9.17) is 0 Å². The molecule has 2 saturated carbocycles. The molecule has 0 spiro atoms. The summed E-state index contributed by atoms with van der Waals surface area (Å²) in [5.74, 6) is 2.26. The molecule has 0 bridgehead atoms. The lowest BCUT2D eigenvalue weighted by Crippen LogP contribution is -2.37. The number of nitrogens with zero attached hydrogens (tertiary/aromatic N) is 5. The molecule has 9 nitrogen and oxygen atoms in total. The summed E-state index contributed by atoms with van der Waals surface area (Å²) in [7, 11) is 2.13. The van der Waals surface area contributed by atoms with Gasteiger partial charge in [-0.05, 0) is 49.8 Å². The van der Waals surface area contributed by atoms with Crippen molar-refractivity contribution < 1.29 is 4.79 Å². The van der Waals surface area contributed by atoms with E-state index in [2.05, 4.69) is 46.9 Å². The molecule has 2 amide bonds. The number of rotatable bonds is 5. The molecular formula is C19H24N8OS2. The maximum atomic E-state index is 12.3. The molecule has 158 valence electrons. The summed E-state index contributed by atoms with van der Waals surface area (Å²) in [5.41, 5.74) is 0.875. The van der Waals surface area contributed by atoms with Gasteiger partial charge in [-0.15, -0.1) is 0 Å². The molecule has 0 aromatic carbocycles. The highest BCUT2D eigenvalue weighted by molar-refractivity contribution is 7.98. The van der Waals surface area contributed by atoms with Gasteiger partial charge in [0.25, 0.3) is 0 Å². The maximum Gasteiger partial charge on any atom is 0.321 e. The molecule has 11 heteroatoms. The van der Waals surface area contributed by atoms with Crippen molar-refractivity contribution in [3.8, 4) is 0 Å². The quantitative estimate of drug-likeness (QED) is 0.517. The van der Waals surface area contributed by atoms with E-state index in [0.29, 0.717) is 28.2 Å². The maximum absolute atomic E-state index is 12.3. The molecule has 2 aliphatic carbocycles.